The number of nitrogens with zero attached hydrogens (tertiary/aromatic N) is 1. The van der Waals surface area contributed by atoms with Crippen molar-refractivity contribution >= 4 is 16.9 Å². The molecule has 3 rings (SSSR count). The molecule has 0 saturated carbocycles. The lowest BCUT2D eigenvalue weighted by molar-refractivity contribution is 0.0447. The Bertz CT molecular complexity index is 792. The topological polar surface area (TPSA) is 63.2 Å². The van der Waals surface area contributed by atoms with Gasteiger partial charge in [0, 0.05) is 5.39 Å². The molecule has 4 nitrogen and oxygen atoms in total. The Morgan fingerprint density at radius 1 is 1.14 bits per heavy atom. The summed E-state index contributed by atoms with van der Waals surface area (Å²) in [6.07, 6.45) is 0. The highest BCUT2D eigenvalue weighted by atomic mass is 16.5. The van der Waals surface area contributed by atoms with Gasteiger partial charge in [0.05, 0.1) is 17.2 Å². The van der Waals surface area contributed by atoms with E-state index in [9.17, 15) is 4.79 Å². The van der Waals surface area contributed by atoms with Gasteiger partial charge >= 0.3 is 5.97 Å². The lowest BCUT2D eigenvalue weighted by atomic mass is 10.1. The third kappa shape index (κ3) is 2.77. The molecule has 0 saturated heterocycles. The van der Waals surface area contributed by atoms with Crippen molar-refractivity contribution in [3.63, 3.8) is 0 Å². The van der Waals surface area contributed by atoms with E-state index in [0.717, 1.165) is 11.0 Å². The van der Waals surface area contributed by atoms with Crippen LogP contribution < -0.4 is 0 Å². The highest BCUT2D eigenvalue weighted by Crippen LogP contribution is 2.19. The highest BCUT2D eigenvalue weighted by molar-refractivity contribution is 5.89. The molecule has 0 aliphatic rings. The van der Waals surface area contributed by atoms with Gasteiger partial charge in [-0.1, -0.05) is 18.2 Å². The van der Waals surface area contributed by atoms with Crippen LogP contribution in [0.15, 0.2) is 59.0 Å². The van der Waals surface area contributed by atoms with Gasteiger partial charge in [0.1, 0.15) is 18.0 Å². The van der Waals surface area contributed by atoms with Crippen LogP contribution in [0.5, 0.6) is 0 Å². The van der Waals surface area contributed by atoms with E-state index in [0.29, 0.717) is 16.9 Å². The fourth-order valence-electron chi connectivity index (χ4n) is 2.01. The van der Waals surface area contributed by atoms with E-state index in [1.54, 1.807) is 24.3 Å². The van der Waals surface area contributed by atoms with Gasteiger partial charge in [-0.2, -0.15) is 5.26 Å². The fraction of sp³-hybridized carbons (Fsp3) is 0.0588. The first-order chi connectivity index (χ1) is 10.3. The predicted octanol–water partition coefficient (Wildman–Crippen LogP) is 3.66. The Hall–Kier alpha value is -3.06. The number of carbonyl (C=O) groups excluding carboxylic acids is 1. The molecule has 0 atom stereocenters. The van der Waals surface area contributed by atoms with Crippen molar-refractivity contribution in [2.75, 3.05) is 0 Å². The van der Waals surface area contributed by atoms with E-state index in [4.69, 9.17) is 14.4 Å². The van der Waals surface area contributed by atoms with Crippen LogP contribution in [0.4, 0.5) is 0 Å². The summed E-state index contributed by atoms with van der Waals surface area (Å²) >= 11 is 0. The minimum Gasteiger partial charge on any atom is -0.457 e. The molecule has 1 aromatic heterocycles. The lowest BCUT2D eigenvalue weighted by Crippen LogP contribution is -2.04. The lowest BCUT2D eigenvalue weighted by Gasteiger charge is -2.02. The molecule has 3 aromatic rings. The molecular formula is C17H11NO3. The largest absolute Gasteiger partial charge is 0.457 e. The average molecular weight is 277 g/mol. The first kappa shape index (κ1) is 12.9. The Labute approximate surface area is 121 Å². The summed E-state index contributed by atoms with van der Waals surface area (Å²) in [5.41, 5.74) is 1.68. The van der Waals surface area contributed by atoms with Crippen molar-refractivity contribution < 1.29 is 13.9 Å². The third-order valence-corrected chi connectivity index (χ3v) is 3.07. The zero-order chi connectivity index (χ0) is 14.7. The summed E-state index contributed by atoms with van der Waals surface area (Å²) in [6.45, 7) is 0.0769. The van der Waals surface area contributed by atoms with Crippen LogP contribution in [-0.2, 0) is 11.3 Å². The normalized spacial score (nSPS) is 10.2. The molecule has 0 aliphatic heterocycles. The summed E-state index contributed by atoms with van der Waals surface area (Å²) < 4.78 is 10.8. The van der Waals surface area contributed by atoms with Gasteiger partial charge in [-0.3, -0.25) is 0 Å². The summed E-state index contributed by atoms with van der Waals surface area (Å²) in [4.78, 5) is 11.9. The van der Waals surface area contributed by atoms with Gasteiger partial charge in [-0.25, -0.2) is 4.79 Å². The molecule has 0 N–H and O–H groups in total. The van der Waals surface area contributed by atoms with Crippen molar-refractivity contribution in [3.8, 4) is 6.07 Å². The first-order valence-corrected chi connectivity index (χ1v) is 6.41. The standard InChI is InChI=1S/C17H11NO3/c18-10-12-5-7-13(8-6-12)17(19)20-11-15-9-14-3-1-2-4-16(14)21-15/h1-9H,11H2. The predicted molar refractivity (Wildman–Crippen MR) is 76.5 cm³/mol. The Morgan fingerprint density at radius 2 is 1.90 bits per heavy atom. The van der Waals surface area contributed by atoms with E-state index in [1.165, 1.54) is 0 Å². The van der Waals surface area contributed by atoms with Crippen LogP contribution >= 0.6 is 0 Å². The van der Waals surface area contributed by atoms with Crippen LogP contribution in [0.1, 0.15) is 21.7 Å². The number of furan rings is 1. The Balaban J connectivity index is 1.68. The first-order valence-electron chi connectivity index (χ1n) is 6.41. The molecule has 0 unspecified atom stereocenters. The minimum atomic E-state index is -0.444. The van der Waals surface area contributed by atoms with Crippen LogP contribution in [-0.4, -0.2) is 5.97 Å². The number of hydrogen-bond acceptors (Lipinski definition) is 4. The molecule has 4 heteroatoms. The van der Waals surface area contributed by atoms with E-state index in [2.05, 4.69) is 0 Å². The molecule has 0 bridgehead atoms. The summed E-state index contributed by atoms with van der Waals surface area (Å²) in [5, 5.41) is 9.68. The number of fused-ring (bicyclic) bond motifs is 1. The number of para-hydroxylation sites is 1. The molecule has 0 fully saturated rings. The SMILES string of the molecule is N#Cc1ccc(C(=O)OCc2cc3ccccc3o2)cc1. The molecule has 102 valence electrons. The summed E-state index contributed by atoms with van der Waals surface area (Å²) in [6, 6.07) is 17.8. The Morgan fingerprint density at radius 3 is 2.62 bits per heavy atom. The van der Waals surface area contributed by atoms with Crippen LogP contribution in [0.3, 0.4) is 0 Å². The number of ether oxygens (including phenoxy) is 1. The minimum absolute atomic E-state index is 0.0769. The van der Waals surface area contributed by atoms with Crippen molar-refractivity contribution in [1.29, 1.82) is 5.26 Å². The number of rotatable bonds is 3. The second-order valence-corrected chi connectivity index (χ2v) is 4.52. The van der Waals surface area contributed by atoms with Crippen LogP contribution in [0, 0.1) is 11.3 Å². The maximum absolute atomic E-state index is 11.9. The second kappa shape index (κ2) is 5.51. The van der Waals surface area contributed by atoms with Gasteiger partial charge in [0.15, 0.2) is 0 Å². The number of benzene rings is 2. The number of esters is 1. The van der Waals surface area contributed by atoms with Crippen LogP contribution in [0.25, 0.3) is 11.0 Å². The van der Waals surface area contributed by atoms with E-state index >= 15 is 0 Å². The molecule has 2 aromatic carbocycles. The fourth-order valence-corrected chi connectivity index (χ4v) is 2.01. The number of nitriles is 1. The van der Waals surface area contributed by atoms with E-state index < -0.39 is 5.97 Å². The van der Waals surface area contributed by atoms with Crippen LogP contribution in [0.2, 0.25) is 0 Å². The van der Waals surface area contributed by atoms with Gasteiger partial charge < -0.3 is 9.15 Å². The molecule has 21 heavy (non-hydrogen) atoms. The van der Waals surface area contributed by atoms with Gasteiger partial charge in [0.2, 0.25) is 0 Å². The second-order valence-electron chi connectivity index (χ2n) is 4.52. The molecule has 1 heterocycles. The van der Waals surface area contributed by atoms with E-state index in [1.807, 2.05) is 36.4 Å². The van der Waals surface area contributed by atoms with Crippen molar-refractivity contribution in [2.24, 2.45) is 0 Å². The zero-order valence-electron chi connectivity index (χ0n) is 11.1. The zero-order valence-corrected chi connectivity index (χ0v) is 11.1. The smallest absolute Gasteiger partial charge is 0.338 e. The maximum Gasteiger partial charge on any atom is 0.338 e. The van der Waals surface area contributed by atoms with Crippen molar-refractivity contribution in [1.82, 2.24) is 0 Å². The summed E-state index contributed by atoms with van der Waals surface area (Å²) in [5.74, 6) is 0.151. The maximum atomic E-state index is 11.9. The third-order valence-electron chi connectivity index (χ3n) is 3.07. The number of carbonyl (C=O) groups is 1. The van der Waals surface area contributed by atoms with Crippen molar-refractivity contribution in [3.05, 3.63) is 71.5 Å². The average Bonchev–Trinajstić information content (AvgIpc) is 2.95. The summed E-state index contributed by atoms with van der Waals surface area (Å²) in [7, 11) is 0. The monoisotopic (exact) mass is 277 g/mol. The molecule has 0 spiro atoms. The van der Waals surface area contributed by atoms with E-state index in [-0.39, 0.29) is 6.61 Å². The van der Waals surface area contributed by atoms with Gasteiger partial charge in [-0.05, 0) is 36.4 Å². The molecule has 0 radical (unpaired) electrons. The molecular weight excluding hydrogens is 266 g/mol. The number of hydrogen-bond donors (Lipinski definition) is 0. The Kier molecular flexibility index (Phi) is 3.40. The quantitative estimate of drug-likeness (QED) is 0.685. The van der Waals surface area contributed by atoms with Gasteiger partial charge in [0.25, 0.3) is 0 Å². The molecule has 0 amide bonds. The highest BCUT2D eigenvalue weighted by Gasteiger charge is 2.09. The van der Waals surface area contributed by atoms with Gasteiger partial charge in [-0.15, -0.1) is 0 Å². The van der Waals surface area contributed by atoms with Crippen molar-refractivity contribution in [2.45, 2.75) is 6.61 Å². The molecule has 0 aliphatic carbocycles.